The van der Waals surface area contributed by atoms with Crippen LogP contribution in [-0.2, 0) is 11.3 Å². The van der Waals surface area contributed by atoms with Crippen LogP contribution in [0.25, 0.3) is 32.9 Å². The summed E-state index contributed by atoms with van der Waals surface area (Å²) < 4.78 is 7.21. The van der Waals surface area contributed by atoms with Crippen LogP contribution in [0.4, 0.5) is 0 Å². The number of H-pyrrole nitrogens is 1. The van der Waals surface area contributed by atoms with Crippen molar-refractivity contribution in [2.24, 2.45) is 0 Å². The van der Waals surface area contributed by atoms with E-state index in [9.17, 15) is 9.59 Å². The first-order valence-corrected chi connectivity index (χ1v) is 9.44. The number of hydrogen-bond donors (Lipinski definition) is 1. The molecule has 0 saturated carbocycles. The molecule has 6 nitrogen and oxygen atoms in total. The predicted octanol–water partition coefficient (Wildman–Crippen LogP) is 3.08. The van der Waals surface area contributed by atoms with Crippen LogP contribution in [0.3, 0.4) is 0 Å². The fourth-order valence-electron chi connectivity index (χ4n) is 4.05. The lowest BCUT2D eigenvalue weighted by molar-refractivity contribution is 0.0967. The summed E-state index contributed by atoms with van der Waals surface area (Å²) >= 11 is 0. The number of ether oxygens (including phenoxy) is 1. The van der Waals surface area contributed by atoms with Gasteiger partial charge < -0.3 is 4.74 Å². The Hall–Kier alpha value is -3.25. The molecule has 5 rings (SSSR count). The molecule has 1 N–H and O–H groups in total. The highest BCUT2D eigenvalue weighted by atomic mass is 16.5. The minimum atomic E-state index is -0.449. The van der Waals surface area contributed by atoms with Gasteiger partial charge in [0, 0.05) is 18.4 Å². The van der Waals surface area contributed by atoms with Crippen molar-refractivity contribution in [3.8, 4) is 11.1 Å². The highest BCUT2D eigenvalue weighted by Crippen LogP contribution is 2.31. The molecule has 6 heteroatoms. The summed E-state index contributed by atoms with van der Waals surface area (Å²) in [6, 6.07) is 15.9. The summed E-state index contributed by atoms with van der Waals surface area (Å²) in [6.45, 7) is 1.09. The van der Waals surface area contributed by atoms with E-state index in [0.717, 1.165) is 34.7 Å². The Morgan fingerprint density at radius 3 is 2.79 bits per heavy atom. The molecule has 28 heavy (non-hydrogen) atoms. The van der Waals surface area contributed by atoms with Gasteiger partial charge in [-0.25, -0.2) is 9.78 Å². The highest BCUT2D eigenvalue weighted by Gasteiger charge is 2.20. The Morgan fingerprint density at radius 1 is 1.07 bits per heavy atom. The molecule has 1 fully saturated rings. The average molecular weight is 373 g/mol. The van der Waals surface area contributed by atoms with Crippen molar-refractivity contribution in [3.63, 3.8) is 0 Å². The van der Waals surface area contributed by atoms with Crippen LogP contribution in [-0.4, -0.2) is 27.2 Å². The third-order valence-electron chi connectivity index (χ3n) is 5.37. The molecule has 1 aliphatic rings. The largest absolute Gasteiger partial charge is 0.376 e. The third-order valence-corrected chi connectivity index (χ3v) is 5.37. The molecule has 4 aromatic rings. The maximum Gasteiger partial charge on any atom is 0.330 e. The van der Waals surface area contributed by atoms with Gasteiger partial charge in [-0.3, -0.25) is 14.3 Å². The lowest BCUT2D eigenvalue weighted by atomic mass is 9.97. The van der Waals surface area contributed by atoms with E-state index in [1.807, 2.05) is 48.5 Å². The molecule has 0 bridgehead atoms. The van der Waals surface area contributed by atoms with Crippen LogP contribution in [0.2, 0.25) is 0 Å². The minimum Gasteiger partial charge on any atom is -0.376 e. The predicted molar refractivity (Wildman–Crippen MR) is 109 cm³/mol. The molecule has 3 heterocycles. The SMILES string of the molecule is O=c1[nH]c(=O)n(CC2CCCO2)c2nccc(-c3cccc4ccccc34)c12. The molecule has 1 aliphatic heterocycles. The molecule has 2 aromatic heterocycles. The zero-order valence-corrected chi connectivity index (χ0v) is 15.2. The van der Waals surface area contributed by atoms with E-state index in [2.05, 4.69) is 9.97 Å². The Kier molecular flexibility index (Phi) is 4.06. The van der Waals surface area contributed by atoms with E-state index >= 15 is 0 Å². The van der Waals surface area contributed by atoms with Gasteiger partial charge in [0.25, 0.3) is 5.56 Å². The second-order valence-electron chi connectivity index (χ2n) is 7.09. The van der Waals surface area contributed by atoms with Gasteiger partial charge in [-0.05, 0) is 35.2 Å². The van der Waals surface area contributed by atoms with Crippen molar-refractivity contribution in [1.82, 2.24) is 14.5 Å². The minimum absolute atomic E-state index is 0.0326. The molecule has 0 aliphatic carbocycles. The second kappa shape index (κ2) is 6.73. The van der Waals surface area contributed by atoms with Gasteiger partial charge in [-0.15, -0.1) is 0 Å². The lowest BCUT2D eigenvalue weighted by Gasteiger charge is -2.15. The van der Waals surface area contributed by atoms with E-state index in [4.69, 9.17) is 4.74 Å². The summed E-state index contributed by atoms with van der Waals surface area (Å²) in [5, 5.41) is 2.57. The maximum atomic E-state index is 12.8. The van der Waals surface area contributed by atoms with E-state index in [-0.39, 0.29) is 6.10 Å². The molecular formula is C22H19N3O3. The summed E-state index contributed by atoms with van der Waals surface area (Å²) in [7, 11) is 0. The van der Waals surface area contributed by atoms with Gasteiger partial charge in [0.1, 0.15) is 5.65 Å². The fraction of sp³-hybridized carbons (Fsp3) is 0.227. The molecule has 0 amide bonds. The smallest absolute Gasteiger partial charge is 0.330 e. The molecule has 1 unspecified atom stereocenters. The molecule has 2 aromatic carbocycles. The third kappa shape index (κ3) is 2.73. The van der Waals surface area contributed by atoms with Crippen LogP contribution >= 0.6 is 0 Å². The zero-order chi connectivity index (χ0) is 19.1. The summed E-state index contributed by atoms with van der Waals surface area (Å²) in [5.74, 6) is 0. The van der Waals surface area contributed by atoms with Crippen LogP contribution < -0.4 is 11.2 Å². The number of fused-ring (bicyclic) bond motifs is 2. The monoisotopic (exact) mass is 373 g/mol. The quantitative estimate of drug-likeness (QED) is 0.599. The van der Waals surface area contributed by atoms with Crippen molar-refractivity contribution in [2.75, 3.05) is 6.61 Å². The number of aromatic nitrogens is 3. The lowest BCUT2D eigenvalue weighted by Crippen LogP contribution is -2.34. The summed E-state index contributed by atoms with van der Waals surface area (Å²) in [4.78, 5) is 32.2. The normalized spacial score (nSPS) is 16.8. The number of aromatic amines is 1. The van der Waals surface area contributed by atoms with E-state index < -0.39 is 11.2 Å². The van der Waals surface area contributed by atoms with E-state index in [0.29, 0.717) is 24.2 Å². The fourth-order valence-corrected chi connectivity index (χ4v) is 4.05. The molecule has 1 atom stereocenters. The second-order valence-corrected chi connectivity index (χ2v) is 7.09. The summed E-state index contributed by atoms with van der Waals surface area (Å²) in [6.07, 6.45) is 3.50. The van der Waals surface area contributed by atoms with Gasteiger partial charge >= 0.3 is 5.69 Å². The first kappa shape index (κ1) is 16.9. The average Bonchev–Trinajstić information content (AvgIpc) is 3.23. The van der Waals surface area contributed by atoms with Crippen LogP contribution in [0.5, 0.6) is 0 Å². The van der Waals surface area contributed by atoms with Crippen molar-refractivity contribution >= 4 is 21.8 Å². The molecule has 140 valence electrons. The summed E-state index contributed by atoms with van der Waals surface area (Å²) in [5.41, 5.74) is 1.24. The Balaban J connectivity index is 1.79. The standard InChI is InChI=1S/C22H19N3O3/c26-21-19-18(17-9-3-6-14-5-1-2-8-16(14)17)10-11-23-20(19)25(22(27)24-21)13-15-7-4-12-28-15/h1-3,5-6,8-11,15H,4,7,12-13H2,(H,24,26,27). The van der Waals surface area contributed by atoms with Crippen molar-refractivity contribution in [2.45, 2.75) is 25.5 Å². The number of rotatable bonds is 3. The number of pyridine rings is 1. The van der Waals surface area contributed by atoms with Crippen LogP contribution in [0.15, 0.2) is 64.3 Å². The van der Waals surface area contributed by atoms with Crippen LogP contribution in [0, 0.1) is 0 Å². The van der Waals surface area contributed by atoms with Gasteiger partial charge in [-0.2, -0.15) is 0 Å². The van der Waals surface area contributed by atoms with Crippen molar-refractivity contribution in [3.05, 3.63) is 75.6 Å². The van der Waals surface area contributed by atoms with Gasteiger partial charge in [0.05, 0.1) is 18.0 Å². The molecular weight excluding hydrogens is 354 g/mol. The Bertz CT molecular complexity index is 1290. The molecule has 0 spiro atoms. The Morgan fingerprint density at radius 2 is 1.93 bits per heavy atom. The van der Waals surface area contributed by atoms with Gasteiger partial charge in [-0.1, -0.05) is 42.5 Å². The van der Waals surface area contributed by atoms with Gasteiger partial charge in [0.2, 0.25) is 0 Å². The number of hydrogen-bond acceptors (Lipinski definition) is 4. The highest BCUT2D eigenvalue weighted by molar-refractivity contribution is 6.03. The topological polar surface area (TPSA) is 77.0 Å². The van der Waals surface area contributed by atoms with E-state index in [1.54, 1.807) is 6.20 Å². The number of nitrogens with one attached hydrogen (secondary N) is 1. The van der Waals surface area contributed by atoms with Crippen molar-refractivity contribution < 1.29 is 4.74 Å². The van der Waals surface area contributed by atoms with Gasteiger partial charge in [0.15, 0.2) is 0 Å². The zero-order valence-electron chi connectivity index (χ0n) is 15.2. The van der Waals surface area contributed by atoms with Crippen molar-refractivity contribution in [1.29, 1.82) is 0 Å². The van der Waals surface area contributed by atoms with E-state index in [1.165, 1.54) is 4.57 Å². The first-order valence-electron chi connectivity index (χ1n) is 9.44. The first-order chi connectivity index (χ1) is 13.7. The Labute approximate surface area is 160 Å². The molecule has 1 saturated heterocycles. The maximum absolute atomic E-state index is 12.8. The molecule has 0 radical (unpaired) electrons. The number of nitrogens with zero attached hydrogens (tertiary/aromatic N) is 2. The number of benzene rings is 2. The van der Waals surface area contributed by atoms with Crippen LogP contribution in [0.1, 0.15) is 12.8 Å².